The number of hydrogen-bond donors (Lipinski definition) is 1. The Hall–Kier alpha value is -2.88. The molecule has 0 aliphatic carbocycles. The number of carbonyl (C=O) groups is 2. The van der Waals surface area contributed by atoms with E-state index in [1.807, 2.05) is 0 Å². The number of thioether (sulfide) groups is 1. The van der Waals surface area contributed by atoms with Crippen LogP contribution in [0.15, 0.2) is 34.9 Å². The van der Waals surface area contributed by atoms with E-state index in [0.717, 1.165) is 11.8 Å². The predicted octanol–water partition coefficient (Wildman–Crippen LogP) is 2.69. The van der Waals surface area contributed by atoms with E-state index in [-0.39, 0.29) is 24.0 Å². The fraction of sp³-hybridized carbons (Fsp3) is 0.312. The van der Waals surface area contributed by atoms with Gasteiger partial charge in [0.15, 0.2) is 5.82 Å². The van der Waals surface area contributed by atoms with Gasteiger partial charge in [-0.3, -0.25) is 19.7 Å². The van der Waals surface area contributed by atoms with Crippen LogP contribution in [0.1, 0.15) is 18.2 Å². The molecule has 0 aliphatic heterocycles. The van der Waals surface area contributed by atoms with Crippen LogP contribution >= 0.6 is 11.8 Å². The van der Waals surface area contributed by atoms with Crippen molar-refractivity contribution in [3.05, 3.63) is 51.8 Å². The summed E-state index contributed by atoms with van der Waals surface area (Å²) >= 11 is 1.13. The first-order valence-electron chi connectivity index (χ1n) is 7.60. The van der Waals surface area contributed by atoms with Gasteiger partial charge in [0.1, 0.15) is 12.4 Å². The number of nitrogens with one attached hydrogen (secondary N) is 1. The summed E-state index contributed by atoms with van der Waals surface area (Å²) < 4.78 is 9.95. The molecule has 0 saturated carbocycles. The molecular weight excluding hydrogens is 362 g/mol. The maximum absolute atomic E-state index is 12.0. The van der Waals surface area contributed by atoms with Gasteiger partial charge in [-0.15, -0.1) is 11.8 Å². The molecule has 0 fully saturated rings. The molecule has 0 spiro atoms. The zero-order chi connectivity index (χ0) is 19.1. The predicted molar refractivity (Wildman–Crippen MR) is 94.7 cm³/mol. The van der Waals surface area contributed by atoms with Crippen molar-refractivity contribution in [2.24, 2.45) is 0 Å². The van der Waals surface area contributed by atoms with E-state index in [4.69, 9.17) is 9.26 Å². The van der Waals surface area contributed by atoms with E-state index in [9.17, 15) is 19.7 Å². The first-order valence-corrected chi connectivity index (χ1v) is 8.65. The number of nitro benzene ring substituents is 1. The number of aryl methyl sites for hydroxylation is 1. The van der Waals surface area contributed by atoms with Gasteiger partial charge >= 0.3 is 5.97 Å². The zero-order valence-electron chi connectivity index (χ0n) is 14.1. The van der Waals surface area contributed by atoms with E-state index < -0.39 is 16.1 Å². The number of non-ortho nitro benzene ring substituents is 1. The molecule has 26 heavy (non-hydrogen) atoms. The smallest absolute Gasteiger partial charge is 0.316 e. The van der Waals surface area contributed by atoms with Crippen LogP contribution in [-0.4, -0.2) is 33.0 Å². The number of nitrogens with zero attached hydrogens (tertiary/aromatic N) is 2. The fourth-order valence-corrected chi connectivity index (χ4v) is 2.52. The lowest BCUT2D eigenvalue weighted by Gasteiger charge is -2.10. The Morgan fingerprint density at radius 2 is 2.08 bits per heavy atom. The van der Waals surface area contributed by atoms with Gasteiger partial charge in [0, 0.05) is 18.2 Å². The maximum Gasteiger partial charge on any atom is 0.316 e. The minimum atomic E-state index is -0.501. The number of ether oxygens (including phenoxy) is 1. The zero-order valence-corrected chi connectivity index (χ0v) is 14.9. The number of esters is 1. The van der Waals surface area contributed by atoms with Gasteiger partial charge in [0.2, 0.25) is 5.91 Å². The molecule has 1 amide bonds. The molecule has 10 heteroatoms. The molecule has 1 N–H and O–H groups in total. The minimum Gasteiger partial charge on any atom is -0.460 e. The molecule has 1 heterocycles. The number of hydrogen-bond acceptors (Lipinski definition) is 8. The number of benzene rings is 1. The molecule has 1 atom stereocenters. The second-order valence-corrected chi connectivity index (χ2v) is 6.68. The lowest BCUT2D eigenvalue weighted by atomic mass is 10.2. The molecule has 0 bridgehead atoms. The highest BCUT2D eigenvalue weighted by Gasteiger charge is 2.17. The van der Waals surface area contributed by atoms with Gasteiger partial charge < -0.3 is 14.6 Å². The molecule has 1 aromatic carbocycles. The molecule has 0 radical (unpaired) electrons. The van der Waals surface area contributed by atoms with E-state index in [1.165, 1.54) is 24.3 Å². The molecule has 0 saturated heterocycles. The molecule has 1 aromatic heterocycles. The topological polar surface area (TPSA) is 125 Å². The van der Waals surface area contributed by atoms with Crippen molar-refractivity contribution in [1.29, 1.82) is 0 Å². The van der Waals surface area contributed by atoms with Crippen LogP contribution in [0.2, 0.25) is 0 Å². The number of anilines is 1. The monoisotopic (exact) mass is 379 g/mol. The average Bonchev–Trinajstić information content (AvgIpc) is 3.02. The van der Waals surface area contributed by atoms with Crippen LogP contribution in [-0.2, 0) is 20.9 Å². The lowest BCUT2D eigenvalue weighted by Crippen LogP contribution is -2.24. The van der Waals surface area contributed by atoms with Gasteiger partial charge in [-0.1, -0.05) is 5.16 Å². The maximum atomic E-state index is 12.0. The van der Waals surface area contributed by atoms with Crippen LogP contribution < -0.4 is 5.32 Å². The Labute approximate surface area is 153 Å². The van der Waals surface area contributed by atoms with E-state index in [1.54, 1.807) is 19.9 Å². The number of carbonyl (C=O) groups excluding carboxylic acids is 2. The van der Waals surface area contributed by atoms with Crippen molar-refractivity contribution in [2.45, 2.75) is 25.7 Å². The second kappa shape index (κ2) is 8.99. The Kier molecular flexibility index (Phi) is 6.73. The summed E-state index contributed by atoms with van der Waals surface area (Å²) in [5.74, 6) is 0.118. The Balaban J connectivity index is 1.72. The summed E-state index contributed by atoms with van der Waals surface area (Å²) in [6, 6.07) is 7.32. The Bertz CT molecular complexity index is 790. The molecule has 0 unspecified atom stereocenters. The van der Waals surface area contributed by atoms with Gasteiger partial charge in [-0.25, -0.2) is 0 Å². The van der Waals surface area contributed by atoms with Crippen molar-refractivity contribution in [3.8, 4) is 0 Å². The third-order valence-electron chi connectivity index (χ3n) is 3.25. The van der Waals surface area contributed by atoms with Crippen LogP contribution in [0.5, 0.6) is 0 Å². The summed E-state index contributed by atoms with van der Waals surface area (Å²) in [6.45, 7) is 3.38. The minimum absolute atomic E-state index is 0.000584. The molecule has 2 aromatic rings. The summed E-state index contributed by atoms with van der Waals surface area (Å²) in [7, 11) is 0. The number of nitro groups is 1. The fourth-order valence-electron chi connectivity index (χ4n) is 1.84. The standard InChI is InChI=1S/C16H17N3O6S/c1-10-7-14(18-25-10)17-16(21)11(2)26-9-15(20)24-8-12-3-5-13(6-4-12)19(22)23/h3-7,11H,8-9H2,1-2H3,(H,17,18,21)/t11-/m1/s1. The molecule has 0 aliphatic rings. The number of aromatic nitrogens is 1. The normalized spacial score (nSPS) is 11.6. The second-order valence-electron chi connectivity index (χ2n) is 5.35. The van der Waals surface area contributed by atoms with Crippen LogP contribution in [0.25, 0.3) is 0 Å². The van der Waals surface area contributed by atoms with Crippen LogP contribution in [0.3, 0.4) is 0 Å². The third-order valence-corrected chi connectivity index (χ3v) is 4.36. The van der Waals surface area contributed by atoms with Gasteiger partial charge in [-0.2, -0.15) is 0 Å². The summed E-state index contributed by atoms with van der Waals surface area (Å²) in [4.78, 5) is 33.8. The van der Waals surface area contributed by atoms with Gasteiger partial charge in [-0.05, 0) is 31.5 Å². The summed E-state index contributed by atoms with van der Waals surface area (Å²) in [5, 5.41) is 16.3. The van der Waals surface area contributed by atoms with Crippen LogP contribution in [0, 0.1) is 17.0 Å². The van der Waals surface area contributed by atoms with Crippen LogP contribution in [0.4, 0.5) is 11.5 Å². The summed E-state index contributed by atoms with van der Waals surface area (Å²) in [5.41, 5.74) is 0.610. The SMILES string of the molecule is Cc1cc(NC(=O)[C@@H](C)SCC(=O)OCc2ccc([N+](=O)[O-])cc2)no1. The first kappa shape index (κ1) is 19.4. The van der Waals surface area contributed by atoms with Crippen molar-refractivity contribution in [3.63, 3.8) is 0 Å². The van der Waals surface area contributed by atoms with Crippen molar-refractivity contribution >= 4 is 35.1 Å². The lowest BCUT2D eigenvalue weighted by molar-refractivity contribution is -0.384. The highest BCUT2D eigenvalue weighted by atomic mass is 32.2. The third kappa shape index (κ3) is 5.88. The molecule has 138 valence electrons. The van der Waals surface area contributed by atoms with Crippen molar-refractivity contribution < 1.29 is 23.8 Å². The highest BCUT2D eigenvalue weighted by molar-refractivity contribution is 8.01. The molecular formula is C16H17N3O6S. The highest BCUT2D eigenvalue weighted by Crippen LogP contribution is 2.16. The quantitative estimate of drug-likeness (QED) is 0.422. The molecule has 9 nitrogen and oxygen atoms in total. The van der Waals surface area contributed by atoms with E-state index in [2.05, 4.69) is 10.5 Å². The Morgan fingerprint density at radius 3 is 2.65 bits per heavy atom. The molecule has 2 rings (SSSR count). The Morgan fingerprint density at radius 1 is 1.38 bits per heavy atom. The number of rotatable bonds is 8. The van der Waals surface area contributed by atoms with Crippen molar-refractivity contribution in [2.75, 3.05) is 11.1 Å². The average molecular weight is 379 g/mol. The number of amides is 1. The van der Waals surface area contributed by atoms with Gasteiger partial charge in [0.25, 0.3) is 5.69 Å². The van der Waals surface area contributed by atoms with Crippen molar-refractivity contribution in [1.82, 2.24) is 5.16 Å². The first-order chi connectivity index (χ1) is 12.3. The van der Waals surface area contributed by atoms with E-state index in [0.29, 0.717) is 17.1 Å². The summed E-state index contributed by atoms with van der Waals surface area (Å²) in [6.07, 6.45) is 0. The largest absolute Gasteiger partial charge is 0.460 e. The van der Waals surface area contributed by atoms with Gasteiger partial charge in [0.05, 0.1) is 15.9 Å². The van der Waals surface area contributed by atoms with E-state index >= 15 is 0 Å².